The molecule has 1 aliphatic heterocycles. The Morgan fingerprint density at radius 2 is 1.65 bits per heavy atom. The minimum atomic E-state index is -0.560. The Hall–Kier alpha value is -4.53. The van der Waals surface area contributed by atoms with E-state index in [1.807, 2.05) is 49.4 Å². The average molecular weight is 506 g/mol. The van der Waals surface area contributed by atoms with Gasteiger partial charge in [0.05, 0.1) is 34.0 Å². The van der Waals surface area contributed by atoms with Crippen molar-refractivity contribution in [1.82, 2.24) is 4.98 Å². The predicted octanol–water partition coefficient (Wildman–Crippen LogP) is 6.00. The van der Waals surface area contributed by atoms with Crippen molar-refractivity contribution in [1.29, 1.82) is 10.5 Å². The average Bonchev–Trinajstić information content (AvgIpc) is 3.40. The number of para-hydroxylation sites is 2. The first-order valence-electron chi connectivity index (χ1n) is 11.9. The third-order valence-corrected chi connectivity index (χ3v) is 7.77. The highest BCUT2D eigenvalue weighted by Gasteiger charge is 2.32. The van der Waals surface area contributed by atoms with Gasteiger partial charge in [-0.05, 0) is 54.7 Å². The predicted molar refractivity (Wildman–Crippen MR) is 143 cm³/mol. The summed E-state index contributed by atoms with van der Waals surface area (Å²) in [5.41, 5.74) is 10.6. The van der Waals surface area contributed by atoms with Gasteiger partial charge in [0.1, 0.15) is 34.3 Å². The second-order valence-electron chi connectivity index (χ2n) is 8.57. The van der Waals surface area contributed by atoms with Crippen LogP contribution in [-0.4, -0.2) is 16.1 Å². The number of amides is 1. The first-order valence-corrected chi connectivity index (χ1v) is 12.8. The summed E-state index contributed by atoms with van der Waals surface area (Å²) in [4.78, 5) is 20.4. The van der Waals surface area contributed by atoms with E-state index in [9.17, 15) is 15.3 Å². The number of benzene rings is 2. The second kappa shape index (κ2) is 10.2. The number of carbonyl (C=O) groups excluding carboxylic acids is 1. The molecule has 0 radical (unpaired) electrons. The van der Waals surface area contributed by atoms with Gasteiger partial charge in [-0.3, -0.25) is 9.69 Å². The van der Waals surface area contributed by atoms with Gasteiger partial charge in [-0.15, -0.1) is 0 Å². The van der Waals surface area contributed by atoms with Crippen LogP contribution in [0.4, 0.5) is 17.2 Å². The molecule has 2 N–H and O–H groups in total. The van der Waals surface area contributed by atoms with Crippen molar-refractivity contribution in [2.24, 2.45) is 0 Å². The van der Waals surface area contributed by atoms with Crippen molar-refractivity contribution in [2.45, 2.75) is 36.5 Å². The molecule has 2 aromatic heterocycles. The number of aromatic nitrogens is 1. The largest absolute Gasteiger partial charge is 0.464 e. The van der Waals surface area contributed by atoms with Crippen LogP contribution < -0.4 is 10.6 Å². The number of aryl methyl sites for hydroxylation is 2. The Morgan fingerprint density at radius 3 is 2.19 bits per heavy atom. The molecule has 1 atom stereocenters. The van der Waals surface area contributed by atoms with Gasteiger partial charge in [-0.25, -0.2) is 4.98 Å². The zero-order valence-electron chi connectivity index (χ0n) is 20.1. The van der Waals surface area contributed by atoms with Crippen LogP contribution >= 0.6 is 11.8 Å². The highest BCUT2D eigenvalue weighted by atomic mass is 32.2. The van der Waals surface area contributed by atoms with Crippen LogP contribution in [0.25, 0.3) is 11.3 Å². The van der Waals surface area contributed by atoms with E-state index < -0.39 is 5.25 Å². The highest BCUT2D eigenvalue weighted by Crippen LogP contribution is 2.41. The maximum absolute atomic E-state index is 14.2. The second-order valence-corrected chi connectivity index (χ2v) is 9.77. The van der Waals surface area contributed by atoms with Crippen LogP contribution in [-0.2, 0) is 17.6 Å². The molecule has 7 nitrogen and oxygen atoms in total. The first-order chi connectivity index (χ1) is 18.1. The summed E-state index contributed by atoms with van der Waals surface area (Å²) in [5.74, 6) is 0.226. The van der Waals surface area contributed by atoms with E-state index in [-0.39, 0.29) is 28.4 Å². The highest BCUT2D eigenvalue weighted by molar-refractivity contribution is 8.00. The summed E-state index contributed by atoms with van der Waals surface area (Å²) in [7, 11) is 0. The molecule has 2 aromatic carbocycles. The number of rotatable bonds is 5. The summed E-state index contributed by atoms with van der Waals surface area (Å²) in [6, 6.07) is 23.5. The van der Waals surface area contributed by atoms with E-state index in [0.29, 0.717) is 17.2 Å². The summed E-state index contributed by atoms with van der Waals surface area (Å²) >= 11 is 1.19. The lowest BCUT2D eigenvalue weighted by Crippen LogP contribution is -2.34. The van der Waals surface area contributed by atoms with Crippen molar-refractivity contribution >= 4 is 34.9 Å². The van der Waals surface area contributed by atoms with Gasteiger partial charge in [0, 0.05) is 0 Å². The lowest BCUT2D eigenvalue weighted by Gasteiger charge is -2.28. The number of nitrogens with zero attached hydrogens (tertiary/aromatic N) is 4. The summed E-state index contributed by atoms with van der Waals surface area (Å²) in [5, 5.41) is 19.5. The quantitative estimate of drug-likeness (QED) is 0.330. The fourth-order valence-electron chi connectivity index (χ4n) is 4.65. The third-order valence-electron chi connectivity index (χ3n) is 6.43. The fourth-order valence-corrected chi connectivity index (χ4v) is 5.71. The number of nitrogens with two attached hydrogens (primary N) is 1. The lowest BCUT2D eigenvalue weighted by molar-refractivity contribution is -0.117. The number of furan rings is 1. The number of nitrogen functional groups attached to an aromatic ring is 1. The molecule has 0 saturated carbocycles. The number of pyridine rings is 1. The number of hydrogen-bond acceptors (Lipinski definition) is 7. The normalized spacial score (nSPS) is 13.0. The molecule has 0 fully saturated rings. The van der Waals surface area contributed by atoms with Crippen molar-refractivity contribution in [2.75, 3.05) is 10.6 Å². The van der Waals surface area contributed by atoms with Gasteiger partial charge < -0.3 is 10.2 Å². The van der Waals surface area contributed by atoms with Crippen molar-refractivity contribution < 1.29 is 9.21 Å². The molecule has 182 valence electrons. The number of carbonyl (C=O) groups is 1. The minimum absolute atomic E-state index is 0.0110. The first kappa shape index (κ1) is 24.2. The fraction of sp³-hybridized carbons (Fsp3) is 0.172. The van der Waals surface area contributed by atoms with Gasteiger partial charge in [0.15, 0.2) is 0 Å². The Morgan fingerprint density at radius 1 is 1.03 bits per heavy atom. The molecule has 0 spiro atoms. The maximum atomic E-state index is 14.2. The number of hydrogen-bond donors (Lipinski definition) is 1. The third kappa shape index (κ3) is 4.33. The Balaban J connectivity index is 1.60. The summed E-state index contributed by atoms with van der Waals surface area (Å²) in [6.07, 6.45) is 3.62. The topological polar surface area (TPSA) is 120 Å². The maximum Gasteiger partial charge on any atom is 0.245 e. The molecule has 4 aromatic rings. The summed E-state index contributed by atoms with van der Waals surface area (Å²) < 4.78 is 5.51. The molecule has 1 aliphatic rings. The Kier molecular flexibility index (Phi) is 6.68. The monoisotopic (exact) mass is 505 g/mol. The van der Waals surface area contributed by atoms with E-state index in [0.717, 1.165) is 35.3 Å². The summed E-state index contributed by atoms with van der Waals surface area (Å²) in [6.45, 7) is 1.93. The molecular weight excluding hydrogens is 482 g/mol. The lowest BCUT2D eigenvalue weighted by atomic mass is 10.0. The van der Waals surface area contributed by atoms with E-state index in [2.05, 4.69) is 23.2 Å². The van der Waals surface area contributed by atoms with Crippen LogP contribution in [0.3, 0.4) is 0 Å². The smallest absolute Gasteiger partial charge is 0.245 e. The molecular formula is C29H23N5O2S. The van der Waals surface area contributed by atoms with Crippen LogP contribution in [0.1, 0.15) is 35.6 Å². The van der Waals surface area contributed by atoms with Crippen LogP contribution in [0, 0.1) is 22.7 Å². The van der Waals surface area contributed by atoms with Gasteiger partial charge in [-0.2, -0.15) is 10.5 Å². The van der Waals surface area contributed by atoms with Crippen LogP contribution in [0.5, 0.6) is 0 Å². The van der Waals surface area contributed by atoms with E-state index in [1.165, 1.54) is 18.0 Å². The Bertz CT molecular complexity index is 1520. The zero-order valence-corrected chi connectivity index (χ0v) is 21.0. The van der Waals surface area contributed by atoms with E-state index in [1.54, 1.807) is 17.0 Å². The molecule has 0 saturated heterocycles. The SMILES string of the molecule is CCC(Sc1nc(N)c(C#N)c(-c2ccco2)c1C#N)C(=O)N1c2ccccc2CCc2ccccc21. The number of thioether (sulfide) groups is 1. The molecule has 0 bridgehead atoms. The Labute approximate surface area is 219 Å². The number of nitriles is 2. The van der Waals surface area contributed by atoms with E-state index >= 15 is 0 Å². The molecule has 5 rings (SSSR count). The number of anilines is 3. The molecule has 0 aliphatic carbocycles. The molecule has 1 amide bonds. The molecule has 3 heterocycles. The van der Waals surface area contributed by atoms with Crippen molar-refractivity contribution in [3.8, 4) is 23.5 Å². The van der Waals surface area contributed by atoms with Crippen LogP contribution in [0.15, 0.2) is 76.4 Å². The zero-order chi connectivity index (χ0) is 25.9. The van der Waals surface area contributed by atoms with Crippen molar-refractivity contribution in [3.63, 3.8) is 0 Å². The molecule has 37 heavy (non-hydrogen) atoms. The van der Waals surface area contributed by atoms with Gasteiger partial charge in [0.25, 0.3) is 0 Å². The minimum Gasteiger partial charge on any atom is -0.464 e. The van der Waals surface area contributed by atoms with Gasteiger partial charge >= 0.3 is 0 Å². The number of fused-ring (bicyclic) bond motifs is 2. The standard InChI is InChI=1S/C29H23N5O2S/c1-2-25(37-28-21(17-31)26(24-12-7-15-36-24)20(16-30)27(32)33-28)29(35)34-22-10-5-3-8-18(22)13-14-19-9-4-6-11-23(19)34/h3-12,15,25H,2,13-14H2,1H3,(H2,32,33). The van der Waals surface area contributed by atoms with Crippen LogP contribution in [0.2, 0.25) is 0 Å². The van der Waals surface area contributed by atoms with Gasteiger partial charge in [-0.1, -0.05) is 55.1 Å². The molecule has 1 unspecified atom stereocenters. The molecule has 8 heteroatoms. The van der Waals surface area contributed by atoms with Crippen molar-refractivity contribution in [3.05, 3.63) is 89.2 Å². The van der Waals surface area contributed by atoms with Gasteiger partial charge in [0.2, 0.25) is 5.91 Å². The van der Waals surface area contributed by atoms with E-state index in [4.69, 9.17) is 10.2 Å².